The van der Waals surface area contributed by atoms with Crippen LogP contribution in [0.25, 0.3) is 22.0 Å². The van der Waals surface area contributed by atoms with E-state index in [1.807, 2.05) is 37.3 Å². The van der Waals surface area contributed by atoms with E-state index in [1.165, 1.54) is 0 Å². The number of nitrogens with zero attached hydrogens (tertiary/aromatic N) is 1. The summed E-state index contributed by atoms with van der Waals surface area (Å²) in [5.74, 6) is -1.58. The predicted octanol–water partition coefficient (Wildman–Crippen LogP) is 5.71. The van der Waals surface area contributed by atoms with E-state index in [0.29, 0.717) is 28.9 Å². The van der Waals surface area contributed by atoms with Crippen molar-refractivity contribution >= 4 is 28.5 Å². The van der Waals surface area contributed by atoms with Crippen LogP contribution in [0.5, 0.6) is 5.75 Å². The van der Waals surface area contributed by atoms with Crippen LogP contribution in [-0.4, -0.2) is 46.8 Å². The third-order valence-electron chi connectivity index (χ3n) is 5.61. The van der Waals surface area contributed by atoms with Gasteiger partial charge in [-0.2, -0.15) is 13.2 Å². The second-order valence-corrected chi connectivity index (χ2v) is 8.68. The highest BCUT2D eigenvalue weighted by Gasteiger charge is 2.34. The van der Waals surface area contributed by atoms with Crippen LogP contribution in [0.1, 0.15) is 43.9 Å². The van der Waals surface area contributed by atoms with Crippen molar-refractivity contribution in [1.29, 1.82) is 0 Å². The molecule has 2 aromatic carbocycles. The number of aliphatic carboxylic acids is 2. The molecule has 0 radical (unpaired) electrons. The summed E-state index contributed by atoms with van der Waals surface area (Å²) < 4.78 is 46.2. The normalized spacial score (nSPS) is 11.9. The molecule has 1 unspecified atom stereocenters. The van der Waals surface area contributed by atoms with Gasteiger partial charge in [0.25, 0.3) is 0 Å². The molecule has 0 aliphatic heterocycles. The molecule has 0 amide bonds. The SMILES string of the molecule is COc1cc(NC(C)CCCN)c2nc(C(F)(F)F)cc(C)c2c1-c1ccccc1.O=C(O)CCC(=O)O. The summed E-state index contributed by atoms with van der Waals surface area (Å²) in [5, 5.41) is 19.8. The van der Waals surface area contributed by atoms with E-state index in [0.717, 1.165) is 30.0 Å². The van der Waals surface area contributed by atoms with Crippen LogP contribution in [0.2, 0.25) is 0 Å². The summed E-state index contributed by atoms with van der Waals surface area (Å²) in [5.41, 5.74) is 7.55. The fraction of sp³-hybridized carbons (Fsp3) is 0.370. The molecule has 0 saturated carbocycles. The minimum Gasteiger partial charge on any atom is -0.496 e. The van der Waals surface area contributed by atoms with Crippen LogP contribution < -0.4 is 15.8 Å². The van der Waals surface area contributed by atoms with Gasteiger partial charge in [-0.15, -0.1) is 0 Å². The van der Waals surface area contributed by atoms with Crippen LogP contribution in [0.4, 0.5) is 18.9 Å². The zero-order chi connectivity index (χ0) is 28.5. The van der Waals surface area contributed by atoms with E-state index in [-0.39, 0.29) is 24.4 Å². The molecule has 1 aromatic heterocycles. The number of nitrogens with two attached hydrogens (primary N) is 1. The number of pyridine rings is 1. The third kappa shape index (κ3) is 8.34. The van der Waals surface area contributed by atoms with Crippen molar-refractivity contribution in [2.24, 2.45) is 5.73 Å². The molecule has 1 atom stereocenters. The number of ether oxygens (including phenoxy) is 1. The maximum absolute atomic E-state index is 13.5. The van der Waals surface area contributed by atoms with Crippen LogP contribution >= 0.6 is 0 Å². The second-order valence-electron chi connectivity index (χ2n) is 8.68. The Kier molecular flexibility index (Phi) is 10.9. The lowest BCUT2D eigenvalue weighted by Crippen LogP contribution is -2.18. The highest BCUT2D eigenvalue weighted by molar-refractivity contribution is 6.06. The first-order chi connectivity index (χ1) is 17.9. The van der Waals surface area contributed by atoms with Crippen molar-refractivity contribution in [1.82, 2.24) is 4.98 Å². The number of aryl methyl sites for hydroxylation is 1. The molecule has 1 heterocycles. The summed E-state index contributed by atoms with van der Waals surface area (Å²) in [6.07, 6.45) is -3.52. The largest absolute Gasteiger partial charge is 0.496 e. The fourth-order valence-electron chi connectivity index (χ4n) is 3.86. The quantitative estimate of drug-likeness (QED) is 0.259. The van der Waals surface area contributed by atoms with Crippen molar-refractivity contribution in [3.05, 3.63) is 53.7 Å². The molecule has 0 saturated heterocycles. The molecular weight excluding hydrogens is 503 g/mol. The van der Waals surface area contributed by atoms with Gasteiger partial charge in [-0.1, -0.05) is 30.3 Å². The molecule has 0 bridgehead atoms. The number of benzene rings is 2. The summed E-state index contributed by atoms with van der Waals surface area (Å²) in [7, 11) is 1.56. The van der Waals surface area contributed by atoms with E-state index in [1.54, 1.807) is 20.1 Å². The Labute approximate surface area is 218 Å². The van der Waals surface area contributed by atoms with Crippen LogP contribution in [0.15, 0.2) is 42.5 Å². The minimum absolute atomic E-state index is 0.0145. The first-order valence-corrected chi connectivity index (χ1v) is 11.9. The van der Waals surface area contributed by atoms with Gasteiger partial charge in [-0.3, -0.25) is 9.59 Å². The maximum Gasteiger partial charge on any atom is 0.433 e. The number of carboxylic acids is 2. The Bertz CT molecular complexity index is 1240. The average Bonchev–Trinajstić information content (AvgIpc) is 2.86. The molecule has 206 valence electrons. The number of alkyl halides is 3. The Morgan fingerprint density at radius 3 is 2.21 bits per heavy atom. The fourth-order valence-corrected chi connectivity index (χ4v) is 3.86. The highest BCUT2D eigenvalue weighted by atomic mass is 19.4. The molecule has 0 aliphatic carbocycles. The van der Waals surface area contributed by atoms with Gasteiger partial charge in [0.1, 0.15) is 11.4 Å². The molecule has 5 N–H and O–H groups in total. The number of methoxy groups -OCH3 is 1. The van der Waals surface area contributed by atoms with Gasteiger partial charge in [0.15, 0.2) is 0 Å². The zero-order valence-corrected chi connectivity index (χ0v) is 21.4. The molecule has 8 nitrogen and oxygen atoms in total. The van der Waals surface area contributed by atoms with Crippen LogP contribution in [0.3, 0.4) is 0 Å². The molecule has 0 spiro atoms. The van der Waals surface area contributed by atoms with Crippen molar-refractivity contribution in [2.45, 2.75) is 51.7 Å². The molecule has 11 heteroatoms. The smallest absolute Gasteiger partial charge is 0.433 e. The minimum atomic E-state index is -4.53. The van der Waals surface area contributed by atoms with Crippen molar-refractivity contribution in [2.75, 3.05) is 19.0 Å². The van der Waals surface area contributed by atoms with Crippen LogP contribution in [0, 0.1) is 6.92 Å². The number of hydrogen-bond donors (Lipinski definition) is 4. The number of halogens is 3. The molecule has 3 rings (SSSR count). The first kappa shape index (κ1) is 30.4. The van der Waals surface area contributed by atoms with Gasteiger partial charge in [0.05, 0.1) is 31.2 Å². The molecule has 0 aliphatic rings. The maximum atomic E-state index is 13.5. The first-order valence-electron chi connectivity index (χ1n) is 11.9. The molecular formula is C27H32F3N3O5. The monoisotopic (exact) mass is 535 g/mol. The van der Waals surface area contributed by atoms with Gasteiger partial charge in [-0.05, 0) is 50.4 Å². The lowest BCUT2D eigenvalue weighted by Gasteiger charge is -2.22. The number of anilines is 1. The summed E-state index contributed by atoms with van der Waals surface area (Å²) in [6, 6.07) is 12.3. The Morgan fingerprint density at radius 1 is 1.11 bits per heavy atom. The van der Waals surface area contributed by atoms with E-state index < -0.39 is 23.8 Å². The van der Waals surface area contributed by atoms with Gasteiger partial charge in [0.2, 0.25) is 0 Å². The summed E-state index contributed by atoms with van der Waals surface area (Å²) in [4.78, 5) is 23.3. The number of aromatic nitrogens is 1. The number of hydrogen-bond acceptors (Lipinski definition) is 6. The van der Waals surface area contributed by atoms with Crippen LogP contribution in [-0.2, 0) is 15.8 Å². The number of rotatable bonds is 10. The van der Waals surface area contributed by atoms with Crippen molar-refractivity contribution < 1.29 is 37.7 Å². The standard InChI is InChI=1S/C23H26F3N3O.C4H6O4/c1-14-12-19(23(24,25)26)29-22-17(28-15(2)8-7-11-27)13-18(30-3)21(20(14)22)16-9-5-4-6-10-16;5-3(6)1-2-4(7)8/h4-6,9-10,12-13,15,28H,7-8,11,27H2,1-3H3;1-2H2,(H,5,6)(H,7,8). The number of carboxylic acid groups (broad SMARTS) is 2. The number of fused-ring (bicyclic) bond motifs is 1. The van der Waals surface area contributed by atoms with E-state index in [9.17, 15) is 22.8 Å². The van der Waals surface area contributed by atoms with Crippen molar-refractivity contribution in [3.63, 3.8) is 0 Å². The average molecular weight is 536 g/mol. The number of nitrogens with one attached hydrogen (secondary N) is 1. The Hall–Kier alpha value is -3.86. The van der Waals surface area contributed by atoms with Gasteiger partial charge >= 0.3 is 18.1 Å². The topological polar surface area (TPSA) is 135 Å². The second kappa shape index (κ2) is 13.6. The molecule has 3 aromatic rings. The van der Waals surface area contributed by atoms with E-state index in [2.05, 4.69) is 10.3 Å². The van der Waals surface area contributed by atoms with Gasteiger partial charge in [-0.25, -0.2) is 4.98 Å². The Morgan fingerprint density at radius 2 is 1.71 bits per heavy atom. The van der Waals surface area contributed by atoms with Crippen molar-refractivity contribution in [3.8, 4) is 16.9 Å². The van der Waals surface area contributed by atoms with Gasteiger partial charge in [0, 0.05) is 23.1 Å². The Balaban J connectivity index is 0.000000550. The lowest BCUT2D eigenvalue weighted by molar-refractivity contribution is -0.143. The summed E-state index contributed by atoms with van der Waals surface area (Å²) in [6.45, 7) is 4.20. The summed E-state index contributed by atoms with van der Waals surface area (Å²) >= 11 is 0. The molecule has 38 heavy (non-hydrogen) atoms. The molecule has 0 fully saturated rings. The van der Waals surface area contributed by atoms with E-state index in [4.69, 9.17) is 20.7 Å². The highest BCUT2D eigenvalue weighted by Crippen LogP contribution is 2.43. The lowest BCUT2D eigenvalue weighted by atomic mass is 9.94. The zero-order valence-electron chi connectivity index (χ0n) is 21.4. The number of carbonyl (C=O) groups is 2. The van der Waals surface area contributed by atoms with Gasteiger partial charge < -0.3 is 26.0 Å². The van der Waals surface area contributed by atoms with E-state index >= 15 is 0 Å². The third-order valence-corrected chi connectivity index (χ3v) is 5.61. The predicted molar refractivity (Wildman–Crippen MR) is 139 cm³/mol.